The Hall–Kier alpha value is -1.14. The number of aliphatic hydroxyl groups excluding tert-OH is 1. The number of carboxylic acids is 1. The zero-order valence-electron chi connectivity index (χ0n) is 19.3. The first-order chi connectivity index (χ1) is 13.7. The van der Waals surface area contributed by atoms with Crippen LogP contribution in [-0.4, -0.2) is 61.4 Å². The maximum atomic E-state index is 12.1. The van der Waals surface area contributed by atoms with Gasteiger partial charge in [0.1, 0.15) is 6.54 Å². The van der Waals surface area contributed by atoms with E-state index in [0.717, 1.165) is 19.3 Å². The molecule has 0 bridgehead atoms. The molecular weight excluding hydrogens is 370 g/mol. The molecule has 2 atom stereocenters. The van der Waals surface area contributed by atoms with Gasteiger partial charge >= 0.3 is 5.97 Å². The minimum Gasteiger partial charge on any atom is -0.550 e. The van der Waals surface area contributed by atoms with E-state index in [1.54, 1.807) is 0 Å². The van der Waals surface area contributed by atoms with Gasteiger partial charge < -0.3 is 24.2 Å². The Bertz CT molecular complexity index is 433. The van der Waals surface area contributed by atoms with E-state index in [4.69, 9.17) is 4.74 Å². The summed E-state index contributed by atoms with van der Waals surface area (Å²) < 4.78 is 5.69. The molecule has 0 aliphatic rings. The highest BCUT2D eigenvalue weighted by Crippen LogP contribution is 2.14. The minimum atomic E-state index is -1.26. The highest BCUT2D eigenvalue weighted by atomic mass is 16.6. The highest BCUT2D eigenvalue weighted by Gasteiger charge is 2.25. The number of quaternary nitrogens is 1. The first kappa shape index (κ1) is 27.9. The molecular formula is C23H45NO5. The predicted octanol–water partition coefficient (Wildman–Crippen LogP) is 3.20. The van der Waals surface area contributed by atoms with Crippen LogP contribution in [0.1, 0.15) is 96.8 Å². The molecule has 0 spiro atoms. The van der Waals surface area contributed by atoms with E-state index in [1.807, 2.05) is 21.1 Å². The van der Waals surface area contributed by atoms with Crippen molar-refractivity contribution in [2.24, 2.45) is 0 Å². The van der Waals surface area contributed by atoms with Crippen LogP contribution in [0.25, 0.3) is 0 Å². The number of esters is 1. The fourth-order valence-electron chi connectivity index (χ4n) is 3.48. The summed E-state index contributed by atoms with van der Waals surface area (Å²) in [6.45, 7) is 2.59. The molecule has 0 radical (unpaired) electrons. The number of likely N-dealkylation sites (N-methyl/N-ethyl adjacent to an activating group) is 1. The number of aliphatic hydroxyl groups is 1. The molecule has 0 saturated heterocycles. The van der Waals surface area contributed by atoms with Crippen molar-refractivity contribution in [2.45, 2.75) is 109 Å². The third-order valence-corrected chi connectivity index (χ3v) is 5.03. The summed E-state index contributed by atoms with van der Waals surface area (Å²) in [6, 6.07) is 0. The second-order valence-corrected chi connectivity index (χ2v) is 9.30. The molecule has 0 aromatic carbocycles. The van der Waals surface area contributed by atoms with Crippen LogP contribution >= 0.6 is 0 Å². The standard InChI is InChI=1S/C23H45NO5/c1-5-6-7-8-9-10-11-12-13-14-15-16-17-21(25)23(28)29-20(18-22(26)27)19-24(2,3)4/h20-21,25H,5-19H2,1-4H3. The topological polar surface area (TPSA) is 86.7 Å². The van der Waals surface area contributed by atoms with Crippen molar-refractivity contribution in [2.75, 3.05) is 27.7 Å². The van der Waals surface area contributed by atoms with Crippen molar-refractivity contribution in [3.8, 4) is 0 Å². The molecule has 0 aliphatic heterocycles. The number of hydrogen-bond donors (Lipinski definition) is 1. The van der Waals surface area contributed by atoms with Crippen LogP contribution in [0, 0.1) is 0 Å². The normalized spacial score (nSPS) is 13.8. The van der Waals surface area contributed by atoms with Gasteiger partial charge in [-0.1, -0.05) is 84.0 Å². The van der Waals surface area contributed by atoms with E-state index in [9.17, 15) is 19.8 Å². The first-order valence-electron chi connectivity index (χ1n) is 11.5. The van der Waals surface area contributed by atoms with Crippen molar-refractivity contribution >= 4 is 11.9 Å². The lowest BCUT2D eigenvalue weighted by atomic mass is 10.0. The van der Waals surface area contributed by atoms with Gasteiger partial charge in [0.25, 0.3) is 0 Å². The molecule has 0 fully saturated rings. The molecule has 0 amide bonds. The number of hydrogen-bond acceptors (Lipinski definition) is 5. The van der Waals surface area contributed by atoms with Gasteiger partial charge in [0.15, 0.2) is 12.2 Å². The molecule has 172 valence electrons. The molecule has 0 aromatic rings. The molecule has 0 rings (SSSR count). The number of ether oxygens (including phenoxy) is 1. The van der Waals surface area contributed by atoms with Gasteiger partial charge in [-0.05, 0) is 6.42 Å². The second kappa shape index (κ2) is 16.6. The van der Waals surface area contributed by atoms with Gasteiger partial charge in [-0.3, -0.25) is 0 Å². The van der Waals surface area contributed by atoms with Gasteiger partial charge in [-0.25, -0.2) is 4.79 Å². The van der Waals surface area contributed by atoms with Crippen molar-refractivity contribution in [1.29, 1.82) is 0 Å². The summed E-state index contributed by atoms with van der Waals surface area (Å²) in [5.41, 5.74) is 0. The smallest absolute Gasteiger partial charge is 0.335 e. The molecule has 6 nitrogen and oxygen atoms in total. The van der Waals surface area contributed by atoms with Gasteiger partial charge in [0, 0.05) is 12.4 Å². The van der Waals surface area contributed by atoms with Crippen molar-refractivity contribution < 1.29 is 29.0 Å². The fourth-order valence-corrected chi connectivity index (χ4v) is 3.48. The van der Waals surface area contributed by atoms with E-state index < -0.39 is 24.1 Å². The molecule has 0 aliphatic carbocycles. The fraction of sp³-hybridized carbons (Fsp3) is 0.913. The van der Waals surface area contributed by atoms with Crippen LogP contribution in [0.2, 0.25) is 0 Å². The lowest BCUT2D eigenvalue weighted by Crippen LogP contribution is -2.46. The zero-order valence-corrected chi connectivity index (χ0v) is 19.3. The number of unbranched alkanes of at least 4 members (excludes halogenated alkanes) is 11. The molecule has 0 saturated carbocycles. The van der Waals surface area contributed by atoms with Crippen molar-refractivity contribution in [3.05, 3.63) is 0 Å². The maximum Gasteiger partial charge on any atom is 0.335 e. The van der Waals surface area contributed by atoms with Gasteiger partial charge in [-0.2, -0.15) is 0 Å². The lowest BCUT2D eigenvalue weighted by Gasteiger charge is -2.29. The van der Waals surface area contributed by atoms with Crippen LogP contribution in [0.3, 0.4) is 0 Å². The SMILES string of the molecule is CCCCCCCCCCCCCCC(O)C(=O)OC(CC(=O)[O-])C[N+](C)(C)C. The van der Waals surface area contributed by atoms with Gasteiger partial charge in [-0.15, -0.1) is 0 Å². The maximum absolute atomic E-state index is 12.1. The Morgan fingerprint density at radius 3 is 1.72 bits per heavy atom. The number of carboxylic acid groups (broad SMARTS) is 1. The predicted molar refractivity (Wildman–Crippen MR) is 114 cm³/mol. The lowest BCUT2D eigenvalue weighted by molar-refractivity contribution is -0.873. The highest BCUT2D eigenvalue weighted by molar-refractivity contribution is 5.75. The Morgan fingerprint density at radius 2 is 1.31 bits per heavy atom. The third-order valence-electron chi connectivity index (χ3n) is 5.03. The monoisotopic (exact) mass is 415 g/mol. The van der Waals surface area contributed by atoms with E-state index >= 15 is 0 Å². The van der Waals surface area contributed by atoms with Gasteiger partial charge in [0.2, 0.25) is 0 Å². The number of nitrogens with zero attached hydrogens (tertiary/aromatic N) is 1. The van der Waals surface area contributed by atoms with E-state index in [0.29, 0.717) is 17.4 Å². The second-order valence-electron chi connectivity index (χ2n) is 9.30. The molecule has 29 heavy (non-hydrogen) atoms. The summed E-state index contributed by atoms with van der Waals surface area (Å²) in [7, 11) is 5.66. The van der Waals surface area contributed by atoms with Crippen LogP contribution in [0.15, 0.2) is 0 Å². The Morgan fingerprint density at radius 1 is 0.862 bits per heavy atom. The molecule has 0 heterocycles. The summed E-state index contributed by atoms with van der Waals surface area (Å²) in [4.78, 5) is 22.9. The summed E-state index contributed by atoms with van der Waals surface area (Å²) in [5.74, 6) is -1.99. The molecule has 6 heteroatoms. The number of rotatable bonds is 19. The van der Waals surface area contributed by atoms with Crippen molar-refractivity contribution in [3.63, 3.8) is 0 Å². The zero-order chi connectivity index (χ0) is 22.1. The first-order valence-corrected chi connectivity index (χ1v) is 11.5. The van der Waals surface area contributed by atoms with E-state index in [-0.39, 0.29) is 6.42 Å². The third kappa shape index (κ3) is 18.6. The van der Waals surface area contributed by atoms with Crippen LogP contribution in [0.4, 0.5) is 0 Å². The Balaban J connectivity index is 3.83. The Labute approximate surface area is 178 Å². The Kier molecular flexibility index (Phi) is 16.0. The average Bonchev–Trinajstić information content (AvgIpc) is 2.60. The van der Waals surface area contributed by atoms with Crippen LogP contribution < -0.4 is 5.11 Å². The summed E-state index contributed by atoms with van der Waals surface area (Å²) in [5, 5.41) is 20.9. The van der Waals surface area contributed by atoms with Crippen LogP contribution in [0.5, 0.6) is 0 Å². The number of carbonyl (C=O) groups is 2. The number of carbonyl (C=O) groups excluding carboxylic acids is 2. The summed E-state index contributed by atoms with van der Waals surface area (Å²) >= 11 is 0. The van der Waals surface area contributed by atoms with E-state index in [2.05, 4.69) is 6.92 Å². The molecule has 2 unspecified atom stereocenters. The van der Waals surface area contributed by atoms with E-state index in [1.165, 1.54) is 57.8 Å². The van der Waals surface area contributed by atoms with Crippen molar-refractivity contribution in [1.82, 2.24) is 0 Å². The minimum absolute atomic E-state index is 0.352. The quantitative estimate of drug-likeness (QED) is 0.199. The number of aliphatic carboxylic acids is 1. The van der Waals surface area contributed by atoms with Crippen LogP contribution in [-0.2, 0) is 14.3 Å². The average molecular weight is 416 g/mol. The summed E-state index contributed by atoms with van der Waals surface area (Å²) in [6.07, 6.45) is 12.7. The van der Waals surface area contributed by atoms with Gasteiger partial charge in [0.05, 0.1) is 21.1 Å². The largest absolute Gasteiger partial charge is 0.550 e. The molecule has 0 aromatic heterocycles. The molecule has 1 N–H and O–H groups in total.